The van der Waals surface area contributed by atoms with Crippen molar-refractivity contribution >= 4 is 0 Å². The first kappa shape index (κ1) is 15.3. The van der Waals surface area contributed by atoms with Gasteiger partial charge in [-0.25, -0.2) is 0 Å². The maximum absolute atomic E-state index is 11.9. The molecule has 3 aromatic rings. The van der Waals surface area contributed by atoms with Gasteiger partial charge in [-0.1, -0.05) is 36.4 Å². The molecule has 24 heavy (non-hydrogen) atoms. The SMILES string of the molecule is Cc1cc(-c2ccc(-c3cccc(C#N)c3)cc2)c(C#N)c(=O)[nH]1. The van der Waals surface area contributed by atoms with Gasteiger partial charge in [-0.05, 0) is 41.8 Å². The van der Waals surface area contributed by atoms with E-state index in [-0.39, 0.29) is 11.1 Å². The molecule has 3 rings (SSSR count). The zero-order valence-electron chi connectivity index (χ0n) is 13.0. The number of H-pyrrole nitrogens is 1. The Hall–Kier alpha value is -3.63. The van der Waals surface area contributed by atoms with Gasteiger partial charge in [-0.15, -0.1) is 0 Å². The predicted octanol–water partition coefficient (Wildman–Crippen LogP) is 3.76. The van der Waals surface area contributed by atoms with E-state index in [2.05, 4.69) is 11.1 Å². The summed E-state index contributed by atoms with van der Waals surface area (Å²) in [5.74, 6) is 0. The van der Waals surface area contributed by atoms with Crippen LogP contribution >= 0.6 is 0 Å². The Morgan fingerprint density at radius 2 is 1.58 bits per heavy atom. The topological polar surface area (TPSA) is 80.4 Å². The molecule has 1 aromatic heterocycles. The van der Waals surface area contributed by atoms with E-state index >= 15 is 0 Å². The molecule has 4 heteroatoms. The highest BCUT2D eigenvalue weighted by Gasteiger charge is 2.10. The average Bonchev–Trinajstić information content (AvgIpc) is 2.61. The lowest BCUT2D eigenvalue weighted by molar-refractivity contribution is 1.13. The fourth-order valence-corrected chi connectivity index (χ4v) is 2.64. The first-order valence-corrected chi connectivity index (χ1v) is 7.37. The Kier molecular flexibility index (Phi) is 3.97. The Bertz CT molecular complexity index is 1050. The van der Waals surface area contributed by atoms with Gasteiger partial charge in [0.25, 0.3) is 5.56 Å². The van der Waals surface area contributed by atoms with Crippen LogP contribution in [0.5, 0.6) is 0 Å². The highest BCUT2D eigenvalue weighted by atomic mass is 16.1. The molecule has 0 saturated carbocycles. The van der Waals surface area contributed by atoms with Crippen molar-refractivity contribution in [3.8, 4) is 34.4 Å². The van der Waals surface area contributed by atoms with Gasteiger partial charge in [-0.3, -0.25) is 4.79 Å². The Labute approximate surface area is 139 Å². The highest BCUT2D eigenvalue weighted by Crippen LogP contribution is 2.26. The minimum Gasteiger partial charge on any atom is -0.325 e. The quantitative estimate of drug-likeness (QED) is 0.782. The third-order valence-corrected chi connectivity index (χ3v) is 3.80. The van der Waals surface area contributed by atoms with Crippen LogP contribution in [-0.2, 0) is 0 Å². The average molecular weight is 311 g/mol. The Morgan fingerprint density at radius 1 is 0.875 bits per heavy atom. The molecule has 0 aliphatic carbocycles. The number of aryl methyl sites for hydroxylation is 1. The number of pyridine rings is 1. The van der Waals surface area contributed by atoms with Gasteiger partial charge < -0.3 is 4.98 Å². The molecule has 0 aliphatic rings. The third kappa shape index (κ3) is 2.82. The van der Waals surface area contributed by atoms with Crippen molar-refractivity contribution in [1.29, 1.82) is 10.5 Å². The van der Waals surface area contributed by atoms with Crippen molar-refractivity contribution in [1.82, 2.24) is 4.98 Å². The van der Waals surface area contributed by atoms with Crippen LogP contribution < -0.4 is 5.56 Å². The van der Waals surface area contributed by atoms with E-state index in [1.807, 2.05) is 48.5 Å². The molecular formula is C20H13N3O. The summed E-state index contributed by atoms with van der Waals surface area (Å²) >= 11 is 0. The second-order valence-corrected chi connectivity index (χ2v) is 5.45. The molecule has 114 valence electrons. The molecule has 1 N–H and O–H groups in total. The van der Waals surface area contributed by atoms with Gasteiger partial charge >= 0.3 is 0 Å². The maximum atomic E-state index is 11.9. The summed E-state index contributed by atoms with van der Waals surface area (Å²) in [6, 6.07) is 20.9. The number of hydrogen-bond acceptors (Lipinski definition) is 3. The fraction of sp³-hybridized carbons (Fsp3) is 0.0500. The number of nitriles is 2. The number of rotatable bonds is 2. The van der Waals surface area contributed by atoms with E-state index in [9.17, 15) is 10.1 Å². The lowest BCUT2D eigenvalue weighted by Crippen LogP contribution is -2.12. The second kappa shape index (κ2) is 6.24. The summed E-state index contributed by atoms with van der Waals surface area (Å²) < 4.78 is 0. The van der Waals surface area contributed by atoms with Crippen LogP contribution in [-0.4, -0.2) is 4.98 Å². The van der Waals surface area contributed by atoms with Crippen LogP contribution in [0.15, 0.2) is 59.4 Å². The van der Waals surface area contributed by atoms with E-state index in [0.717, 1.165) is 16.7 Å². The number of nitrogens with one attached hydrogen (secondary N) is 1. The highest BCUT2D eigenvalue weighted by molar-refractivity contribution is 5.74. The molecule has 0 bridgehead atoms. The molecule has 0 spiro atoms. The maximum Gasteiger partial charge on any atom is 0.266 e. The smallest absolute Gasteiger partial charge is 0.266 e. The number of nitrogens with zero attached hydrogens (tertiary/aromatic N) is 2. The van der Waals surface area contributed by atoms with Gasteiger partial charge in [0.2, 0.25) is 0 Å². The van der Waals surface area contributed by atoms with Crippen LogP contribution in [0.3, 0.4) is 0 Å². The molecule has 0 aliphatic heterocycles. The molecule has 0 atom stereocenters. The monoisotopic (exact) mass is 311 g/mol. The van der Waals surface area contributed by atoms with Gasteiger partial charge in [0.1, 0.15) is 11.6 Å². The Morgan fingerprint density at radius 3 is 2.25 bits per heavy atom. The summed E-state index contributed by atoms with van der Waals surface area (Å²) in [5, 5.41) is 18.2. The largest absolute Gasteiger partial charge is 0.325 e. The van der Waals surface area contributed by atoms with E-state index in [0.29, 0.717) is 16.8 Å². The summed E-state index contributed by atoms with van der Waals surface area (Å²) in [4.78, 5) is 14.6. The van der Waals surface area contributed by atoms with Gasteiger partial charge in [0.15, 0.2) is 0 Å². The van der Waals surface area contributed by atoms with Crippen molar-refractivity contribution in [2.75, 3.05) is 0 Å². The number of benzene rings is 2. The lowest BCUT2D eigenvalue weighted by Gasteiger charge is -2.07. The molecule has 0 fully saturated rings. The zero-order valence-corrected chi connectivity index (χ0v) is 13.0. The number of aromatic amines is 1. The van der Waals surface area contributed by atoms with E-state index in [1.165, 1.54) is 0 Å². The molecule has 1 heterocycles. The summed E-state index contributed by atoms with van der Waals surface area (Å²) in [7, 11) is 0. The van der Waals surface area contributed by atoms with E-state index in [4.69, 9.17) is 5.26 Å². The second-order valence-electron chi connectivity index (χ2n) is 5.45. The minimum atomic E-state index is -0.377. The first-order valence-electron chi connectivity index (χ1n) is 7.37. The van der Waals surface area contributed by atoms with E-state index < -0.39 is 0 Å². The molecule has 0 saturated heterocycles. The summed E-state index contributed by atoms with van der Waals surface area (Å²) in [5.41, 5.74) is 4.39. The summed E-state index contributed by atoms with van der Waals surface area (Å²) in [6.45, 7) is 1.79. The normalized spacial score (nSPS) is 9.96. The van der Waals surface area contributed by atoms with Crippen molar-refractivity contribution in [2.45, 2.75) is 6.92 Å². The standard InChI is InChI=1S/C20H13N3O/c1-13-9-18(19(12-22)20(24)23-13)16-7-5-15(6-8-16)17-4-2-3-14(10-17)11-21/h2-10H,1H3,(H,23,24). The van der Waals surface area contributed by atoms with Crippen LogP contribution in [0.4, 0.5) is 0 Å². The predicted molar refractivity (Wildman–Crippen MR) is 92.1 cm³/mol. The molecule has 0 unspecified atom stereocenters. The molecule has 0 amide bonds. The molecule has 0 radical (unpaired) electrons. The van der Waals surface area contributed by atoms with Crippen molar-refractivity contribution < 1.29 is 0 Å². The summed E-state index contributed by atoms with van der Waals surface area (Å²) in [6.07, 6.45) is 0. The fourth-order valence-electron chi connectivity index (χ4n) is 2.64. The lowest BCUT2D eigenvalue weighted by atomic mass is 9.97. The zero-order chi connectivity index (χ0) is 17.1. The van der Waals surface area contributed by atoms with E-state index in [1.54, 1.807) is 19.1 Å². The molecular weight excluding hydrogens is 298 g/mol. The van der Waals surface area contributed by atoms with Crippen LogP contribution in [0.1, 0.15) is 16.8 Å². The number of aromatic nitrogens is 1. The Balaban J connectivity index is 2.07. The van der Waals surface area contributed by atoms with Crippen molar-refractivity contribution in [3.05, 3.63) is 81.8 Å². The van der Waals surface area contributed by atoms with Gasteiger partial charge in [0.05, 0.1) is 11.6 Å². The molecule has 2 aromatic carbocycles. The molecule has 4 nitrogen and oxygen atoms in total. The minimum absolute atomic E-state index is 0.111. The van der Waals surface area contributed by atoms with Gasteiger partial charge in [-0.2, -0.15) is 10.5 Å². The third-order valence-electron chi connectivity index (χ3n) is 3.80. The van der Waals surface area contributed by atoms with Crippen molar-refractivity contribution in [2.24, 2.45) is 0 Å². The van der Waals surface area contributed by atoms with Crippen LogP contribution in [0.2, 0.25) is 0 Å². The van der Waals surface area contributed by atoms with Crippen molar-refractivity contribution in [3.63, 3.8) is 0 Å². The van der Waals surface area contributed by atoms with Crippen LogP contribution in [0, 0.1) is 29.6 Å². The first-order chi connectivity index (χ1) is 11.6. The van der Waals surface area contributed by atoms with Gasteiger partial charge in [0, 0.05) is 11.3 Å². The number of hydrogen-bond donors (Lipinski definition) is 1. The van der Waals surface area contributed by atoms with Crippen LogP contribution in [0.25, 0.3) is 22.3 Å².